The van der Waals surface area contributed by atoms with E-state index in [4.69, 9.17) is 4.99 Å². The molecular weight excluding hydrogens is 286 g/mol. The monoisotopic (exact) mass is 311 g/mol. The molecule has 0 N–H and O–H groups in total. The third kappa shape index (κ3) is 2.15. The number of amides is 1. The molecule has 4 nitrogen and oxygen atoms in total. The number of aliphatic imine (C=N–C) groups is 1. The van der Waals surface area contributed by atoms with Crippen LogP contribution in [0, 0.1) is 18.8 Å². The van der Waals surface area contributed by atoms with Gasteiger partial charge in [-0.1, -0.05) is 24.3 Å². The molecule has 0 radical (unpaired) electrons. The molecule has 0 unspecified atom stereocenters. The molecule has 2 fully saturated rings. The fourth-order valence-corrected chi connectivity index (χ4v) is 4.80. The lowest BCUT2D eigenvalue weighted by molar-refractivity contribution is -0.131. The summed E-state index contributed by atoms with van der Waals surface area (Å²) in [5, 5.41) is 0. The van der Waals surface area contributed by atoms with E-state index in [0.717, 1.165) is 38.3 Å². The summed E-state index contributed by atoms with van der Waals surface area (Å²) in [6.45, 7) is 7.22. The van der Waals surface area contributed by atoms with E-state index in [1.165, 1.54) is 11.1 Å². The first-order chi connectivity index (χ1) is 11.0. The molecule has 2 aliphatic heterocycles. The molecule has 122 valence electrons. The number of likely N-dealkylation sites (tertiary alicyclic amines) is 1. The highest BCUT2D eigenvalue weighted by Gasteiger charge is 2.59. The molecule has 2 heterocycles. The number of benzene rings is 1. The predicted molar refractivity (Wildman–Crippen MR) is 91.3 cm³/mol. The van der Waals surface area contributed by atoms with Gasteiger partial charge in [-0.05, 0) is 43.7 Å². The van der Waals surface area contributed by atoms with Crippen molar-refractivity contribution < 1.29 is 4.79 Å². The zero-order valence-electron chi connectivity index (χ0n) is 14.2. The van der Waals surface area contributed by atoms with Gasteiger partial charge in [0.05, 0.1) is 0 Å². The number of carbonyl (C=O) groups excluding carboxylic acids is 1. The number of amidine groups is 1. The molecular formula is C19H25N3O. The normalized spacial score (nSPS) is 33.6. The van der Waals surface area contributed by atoms with Crippen LogP contribution < -0.4 is 0 Å². The second-order valence-corrected chi connectivity index (χ2v) is 7.47. The van der Waals surface area contributed by atoms with Crippen LogP contribution in [0.3, 0.4) is 0 Å². The number of nitrogens with zero attached hydrogens (tertiary/aromatic N) is 3. The summed E-state index contributed by atoms with van der Waals surface area (Å²) < 4.78 is 0. The van der Waals surface area contributed by atoms with Gasteiger partial charge in [0.1, 0.15) is 11.4 Å². The van der Waals surface area contributed by atoms with E-state index in [1.54, 1.807) is 4.90 Å². The minimum Gasteiger partial charge on any atom is -0.302 e. The van der Waals surface area contributed by atoms with Gasteiger partial charge in [-0.25, -0.2) is 0 Å². The Hall–Kier alpha value is -1.68. The number of carbonyl (C=O) groups is 1. The Morgan fingerprint density at radius 3 is 2.74 bits per heavy atom. The van der Waals surface area contributed by atoms with Crippen molar-refractivity contribution >= 4 is 11.7 Å². The van der Waals surface area contributed by atoms with Crippen LogP contribution in [-0.2, 0) is 11.3 Å². The lowest BCUT2D eigenvalue weighted by Crippen LogP contribution is -2.45. The highest BCUT2D eigenvalue weighted by molar-refractivity contribution is 6.07. The summed E-state index contributed by atoms with van der Waals surface area (Å²) in [4.78, 5) is 21.9. The van der Waals surface area contributed by atoms with Crippen LogP contribution >= 0.6 is 0 Å². The van der Waals surface area contributed by atoms with E-state index in [2.05, 4.69) is 36.1 Å². The van der Waals surface area contributed by atoms with E-state index >= 15 is 0 Å². The zero-order valence-corrected chi connectivity index (χ0v) is 14.2. The Bertz CT molecular complexity index is 683. The molecule has 0 bridgehead atoms. The Balaban J connectivity index is 1.55. The van der Waals surface area contributed by atoms with E-state index in [1.807, 2.05) is 14.0 Å². The smallest absolute Gasteiger partial charge is 0.255 e. The molecule has 1 saturated heterocycles. The lowest BCUT2D eigenvalue weighted by atomic mass is 9.85. The summed E-state index contributed by atoms with van der Waals surface area (Å²) in [6.07, 6.45) is 2.06. The van der Waals surface area contributed by atoms with Crippen LogP contribution in [0.4, 0.5) is 0 Å². The van der Waals surface area contributed by atoms with Crippen LogP contribution in [0.25, 0.3) is 0 Å². The second kappa shape index (κ2) is 5.17. The second-order valence-electron chi connectivity index (χ2n) is 7.47. The van der Waals surface area contributed by atoms with Gasteiger partial charge in [0, 0.05) is 32.6 Å². The van der Waals surface area contributed by atoms with Crippen molar-refractivity contribution in [2.45, 2.75) is 38.8 Å². The molecule has 3 aliphatic rings. The van der Waals surface area contributed by atoms with Gasteiger partial charge in [0.15, 0.2) is 0 Å². The molecule has 23 heavy (non-hydrogen) atoms. The van der Waals surface area contributed by atoms with Crippen molar-refractivity contribution in [3.05, 3.63) is 35.4 Å². The van der Waals surface area contributed by atoms with Crippen LogP contribution in [0.5, 0.6) is 0 Å². The van der Waals surface area contributed by atoms with E-state index < -0.39 is 5.54 Å². The quantitative estimate of drug-likeness (QED) is 0.841. The molecule has 1 saturated carbocycles. The minimum atomic E-state index is -0.454. The summed E-state index contributed by atoms with van der Waals surface area (Å²) >= 11 is 0. The maximum atomic E-state index is 12.8. The van der Waals surface area contributed by atoms with E-state index in [0.29, 0.717) is 11.8 Å². The van der Waals surface area contributed by atoms with Crippen LogP contribution in [0.1, 0.15) is 30.9 Å². The van der Waals surface area contributed by atoms with Crippen LogP contribution in [-0.4, -0.2) is 47.2 Å². The van der Waals surface area contributed by atoms with Gasteiger partial charge >= 0.3 is 0 Å². The largest absolute Gasteiger partial charge is 0.302 e. The van der Waals surface area contributed by atoms with Gasteiger partial charge in [0.2, 0.25) is 0 Å². The molecule has 1 spiro atoms. The molecule has 4 heteroatoms. The van der Waals surface area contributed by atoms with Gasteiger partial charge < -0.3 is 4.90 Å². The molecule has 4 rings (SSSR count). The molecule has 1 amide bonds. The third-order valence-electron chi connectivity index (χ3n) is 6.20. The van der Waals surface area contributed by atoms with Gasteiger partial charge in [0.25, 0.3) is 5.91 Å². The lowest BCUT2D eigenvalue weighted by Gasteiger charge is -2.27. The first-order valence-electron chi connectivity index (χ1n) is 8.63. The fourth-order valence-electron chi connectivity index (χ4n) is 4.80. The maximum Gasteiger partial charge on any atom is 0.255 e. The van der Waals surface area contributed by atoms with E-state index in [-0.39, 0.29) is 5.91 Å². The van der Waals surface area contributed by atoms with Gasteiger partial charge in [-0.2, -0.15) is 0 Å². The van der Waals surface area contributed by atoms with Crippen molar-refractivity contribution in [1.82, 2.24) is 9.80 Å². The van der Waals surface area contributed by atoms with Crippen molar-refractivity contribution in [3.63, 3.8) is 0 Å². The first-order valence-corrected chi connectivity index (χ1v) is 8.63. The standard InChI is InChI=1S/C19H25N3O/c1-13-6-4-5-7-15(13)10-22-11-16-8-9-19(17(16)12-22)18(23)21(3)14(2)20-19/h4-7,16-17H,8-12H2,1-3H3/t16-,17+,19-/m0/s1. The third-order valence-corrected chi connectivity index (χ3v) is 6.20. The summed E-state index contributed by atoms with van der Waals surface area (Å²) in [5.74, 6) is 2.11. The Morgan fingerprint density at radius 2 is 2.04 bits per heavy atom. The Morgan fingerprint density at radius 1 is 1.26 bits per heavy atom. The first kappa shape index (κ1) is 14.9. The average molecular weight is 311 g/mol. The number of fused-ring (bicyclic) bond motifs is 2. The van der Waals surface area contributed by atoms with Crippen molar-refractivity contribution in [2.75, 3.05) is 20.1 Å². The number of aryl methyl sites for hydroxylation is 1. The number of hydrogen-bond donors (Lipinski definition) is 0. The minimum absolute atomic E-state index is 0.222. The maximum absolute atomic E-state index is 12.8. The topological polar surface area (TPSA) is 35.9 Å². The van der Waals surface area contributed by atoms with Crippen molar-refractivity contribution in [3.8, 4) is 0 Å². The molecule has 1 aromatic rings. The summed E-state index contributed by atoms with van der Waals surface area (Å²) in [7, 11) is 1.86. The predicted octanol–water partition coefficient (Wildman–Crippen LogP) is 2.47. The number of rotatable bonds is 2. The molecule has 3 atom stereocenters. The SMILES string of the molecule is CC1=N[C@]2(CC[C@H]3CN(Cc4ccccc4C)C[C@H]32)C(=O)N1C. The average Bonchev–Trinajstić information content (AvgIpc) is 3.14. The van der Waals surface area contributed by atoms with Gasteiger partial charge in [-0.15, -0.1) is 0 Å². The molecule has 1 aromatic carbocycles. The van der Waals surface area contributed by atoms with Crippen LogP contribution in [0.2, 0.25) is 0 Å². The summed E-state index contributed by atoms with van der Waals surface area (Å²) in [6, 6.07) is 8.60. The highest BCUT2D eigenvalue weighted by Crippen LogP contribution is 2.50. The molecule has 1 aliphatic carbocycles. The molecule has 0 aromatic heterocycles. The van der Waals surface area contributed by atoms with Crippen LogP contribution in [0.15, 0.2) is 29.3 Å². The highest BCUT2D eigenvalue weighted by atomic mass is 16.2. The Labute approximate surface area is 138 Å². The number of likely N-dealkylation sites (N-methyl/N-ethyl adjacent to an activating group) is 1. The van der Waals surface area contributed by atoms with Crippen molar-refractivity contribution in [2.24, 2.45) is 16.8 Å². The van der Waals surface area contributed by atoms with Gasteiger partial charge in [-0.3, -0.25) is 14.7 Å². The number of hydrogen-bond acceptors (Lipinski definition) is 3. The summed E-state index contributed by atoms with van der Waals surface area (Å²) in [5.41, 5.74) is 2.30. The Kier molecular flexibility index (Phi) is 3.34. The van der Waals surface area contributed by atoms with Crippen molar-refractivity contribution in [1.29, 1.82) is 0 Å². The fraction of sp³-hybridized carbons (Fsp3) is 0.579. The van der Waals surface area contributed by atoms with E-state index in [9.17, 15) is 4.79 Å². The zero-order chi connectivity index (χ0) is 16.2.